The molecular formula is C13H19N3O3. The van der Waals surface area contributed by atoms with Gasteiger partial charge in [-0.15, -0.1) is 0 Å². The summed E-state index contributed by atoms with van der Waals surface area (Å²) in [4.78, 5) is 12.0. The second-order valence-corrected chi connectivity index (χ2v) is 4.68. The maximum absolute atomic E-state index is 12.0. The summed E-state index contributed by atoms with van der Waals surface area (Å²) in [6.07, 6.45) is 0. The van der Waals surface area contributed by atoms with Crippen LogP contribution < -0.4 is 11.1 Å². The fourth-order valence-electron chi connectivity index (χ4n) is 1.34. The van der Waals surface area contributed by atoms with Crippen LogP contribution in [0, 0.1) is 6.92 Å². The molecule has 6 nitrogen and oxygen atoms in total. The van der Waals surface area contributed by atoms with E-state index in [0.29, 0.717) is 11.3 Å². The monoisotopic (exact) mass is 265 g/mol. The number of carbonyl (C=O) groups is 1. The molecule has 0 aliphatic carbocycles. The third kappa shape index (κ3) is 3.45. The first kappa shape index (κ1) is 15.0. The molecule has 0 aromatic heterocycles. The molecule has 1 amide bonds. The lowest BCUT2D eigenvalue weighted by atomic mass is 10.1. The molecule has 0 heterocycles. The van der Waals surface area contributed by atoms with Crippen molar-refractivity contribution < 1.29 is 14.7 Å². The van der Waals surface area contributed by atoms with Crippen LogP contribution in [0.3, 0.4) is 0 Å². The van der Waals surface area contributed by atoms with Crippen LogP contribution in [0.5, 0.6) is 0 Å². The van der Waals surface area contributed by atoms with Crippen LogP contribution in [0.4, 0.5) is 5.69 Å². The molecule has 0 fully saturated rings. The summed E-state index contributed by atoms with van der Waals surface area (Å²) in [6, 6.07) is 5.14. The molecule has 19 heavy (non-hydrogen) atoms. The van der Waals surface area contributed by atoms with E-state index in [1.165, 1.54) is 7.11 Å². The lowest BCUT2D eigenvalue weighted by Crippen LogP contribution is -2.39. The Morgan fingerprint density at radius 1 is 1.47 bits per heavy atom. The number of nitrogens with zero attached hydrogens (tertiary/aromatic N) is 1. The van der Waals surface area contributed by atoms with Crippen LogP contribution in [-0.4, -0.2) is 29.7 Å². The molecule has 0 bridgehead atoms. The SMILES string of the molecule is COC(C)(C)C(=O)Nc1cc(/C(N)=N/O)ccc1C. The van der Waals surface area contributed by atoms with Gasteiger partial charge in [0.2, 0.25) is 0 Å². The molecule has 1 rings (SSSR count). The van der Waals surface area contributed by atoms with Gasteiger partial charge in [-0.05, 0) is 32.4 Å². The number of methoxy groups -OCH3 is 1. The molecule has 0 atom stereocenters. The van der Waals surface area contributed by atoms with E-state index in [-0.39, 0.29) is 11.7 Å². The number of nitrogens with one attached hydrogen (secondary N) is 1. The largest absolute Gasteiger partial charge is 0.409 e. The van der Waals surface area contributed by atoms with Crippen LogP contribution in [0.25, 0.3) is 0 Å². The number of anilines is 1. The highest BCUT2D eigenvalue weighted by atomic mass is 16.5. The molecule has 6 heteroatoms. The number of hydrogen-bond donors (Lipinski definition) is 3. The Balaban J connectivity index is 3.05. The first-order valence-electron chi connectivity index (χ1n) is 5.77. The molecule has 104 valence electrons. The first-order valence-corrected chi connectivity index (χ1v) is 5.77. The van der Waals surface area contributed by atoms with Gasteiger partial charge >= 0.3 is 0 Å². The molecule has 0 saturated carbocycles. The van der Waals surface area contributed by atoms with Crippen molar-refractivity contribution in [2.24, 2.45) is 10.9 Å². The Hall–Kier alpha value is -2.08. The highest BCUT2D eigenvalue weighted by molar-refractivity contribution is 6.01. The highest BCUT2D eigenvalue weighted by Crippen LogP contribution is 2.19. The minimum absolute atomic E-state index is 0.0125. The number of amides is 1. The third-order valence-corrected chi connectivity index (χ3v) is 2.95. The van der Waals surface area contributed by atoms with Crippen LogP contribution in [0.1, 0.15) is 25.0 Å². The molecule has 1 aromatic carbocycles. The maximum atomic E-state index is 12.0. The molecule has 0 aliphatic rings. The van der Waals surface area contributed by atoms with Crippen LogP contribution in [0.15, 0.2) is 23.4 Å². The van der Waals surface area contributed by atoms with E-state index in [9.17, 15) is 4.79 Å². The summed E-state index contributed by atoms with van der Waals surface area (Å²) in [6.45, 7) is 5.20. The Bertz CT molecular complexity index is 510. The van der Waals surface area contributed by atoms with Gasteiger partial charge in [0.15, 0.2) is 5.84 Å². The second-order valence-electron chi connectivity index (χ2n) is 4.68. The smallest absolute Gasteiger partial charge is 0.256 e. The van der Waals surface area contributed by atoms with Crippen LogP contribution in [-0.2, 0) is 9.53 Å². The van der Waals surface area contributed by atoms with Crippen molar-refractivity contribution in [1.82, 2.24) is 0 Å². The minimum atomic E-state index is -0.931. The second kappa shape index (κ2) is 5.71. The van der Waals surface area contributed by atoms with E-state index in [4.69, 9.17) is 15.7 Å². The van der Waals surface area contributed by atoms with E-state index in [2.05, 4.69) is 10.5 Å². The molecule has 0 spiro atoms. The fraction of sp³-hybridized carbons (Fsp3) is 0.385. The number of rotatable bonds is 4. The number of amidine groups is 1. The van der Waals surface area contributed by atoms with Gasteiger partial charge in [0.1, 0.15) is 5.60 Å². The molecule has 0 radical (unpaired) electrons. The van der Waals surface area contributed by atoms with E-state index in [0.717, 1.165) is 5.56 Å². The zero-order valence-corrected chi connectivity index (χ0v) is 11.5. The topological polar surface area (TPSA) is 96.9 Å². The lowest BCUT2D eigenvalue weighted by Gasteiger charge is -2.22. The van der Waals surface area contributed by atoms with E-state index >= 15 is 0 Å². The predicted molar refractivity (Wildman–Crippen MR) is 73.4 cm³/mol. The Labute approximate surface area is 112 Å². The third-order valence-electron chi connectivity index (χ3n) is 2.95. The van der Waals surface area contributed by atoms with Gasteiger partial charge in [-0.1, -0.05) is 17.3 Å². The van der Waals surface area contributed by atoms with Gasteiger partial charge < -0.3 is 21.0 Å². The number of benzene rings is 1. The normalized spacial score (nSPS) is 12.3. The summed E-state index contributed by atoms with van der Waals surface area (Å²) in [5.41, 5.74) is 6.58. The fourth-order valence-corrected chi connectivity index (χ4v) is 1.34. The van der Waals surface area contributed by atoms with Crippen molar-refractivity contribution in [3.05, 3.63) is 29.3 Å². The molecule has 0 saturated heterocycles. The average molecular weight is 265 g/mol. The molecule has 1 aromatic rings. The van der Waals surface area contributed by atoms with Gasteiger partial charge in [-0.3, -0.25) is 4.79 Å². The predicted octanol–water partition coefficient (Wildman–Crippen LogP) is 1.45. The molecule has 0 unspecified atom stereocenters. The van der Waals surface area contributed by atoms with Gasteiger partial charge in [0.25, 0.3) is 5.91 Å². The van der Waals surface area contributed by atoms with Crippen molar-refractivity contribution in [2.45, 2.75) is 26.4 Å². The van der Waals surface area contributed by atoms with Gasteiger partial charge in [0.05, 0.1) is 0 Å². The number of hydrogen-bond acceptors (Lipinski definition) is 4. The van der Waals surface area contributed by atoms with Crippen LogP contribution >= 0.6 is 0 Å². The summed E-state index contributed by atoms with van der Waals surface area (Å²) < 4.78 is 5.11. The van der Waals surface area contributed by atoms with Gasteiger partial charge in [0, 0.05) is 18.4 Å². The van der Waals surface area contributed by atoms with E-state index in [1.54, 1.807) is 32.0 Å². The van der Waals surface area contributed by atoms with Crippen molar-refractivity contribution >= 4 is 17.4 Å². The summed E-state index contributed by atoms with van der Waals surface area (Å²) in [7, 11) is 1.47. The summed E-state index contributed by atoms with van der Waals surface area (Å²) in [5.74, 6) is -0.281. The van der Waals surface area contributed by atoms with Crippen molar-refractivity contribution in [3.8, 4) is 0 Å². The standard InChI is InChI=1S/C13H19N3O3/c1-8-5-6-9(11(14)16-18)7-10(8)15-12(17)13(2,3)19-4/h5-7,18H,1-4H3,(H2,14,16)(H,15,17). The number of oxime groups is 1. The zero-order valence-electron chi connectivity index (χ0n) is 11.5. The Morgan fingerprint density at radius 3 is 2.63 bits per heavy atom. The number of ether oxygens (including phenoxy) is 1. The molecular weight excluding hydrogens is 246 g/mol. The highest BCUT2D eigenvalue weighted by Gasteiger charge is 2.27. The quantitative estimate of drug-likeness (QED) is 0.332. The summed E-state index contributed by atoms with van der Waals surface area (Å²) >= 11 is 0. The van der Waals surface area contributed by atoms with Crippen molar-refractivity contribution in [1.29, 1.82) is 0 Å². The number of nitrogens with two attached hydrogens (primary N) is 1. The maximum Gasteiger partial charge on any atom is 0.256 e. The average Bonchev–Trinajstić information content (AvgIpc) is 2.40. The Morgan fingerprint density at radius 2 is 2.11 bits per heavy atom. The Kier molecular flexibility index (Phi) is 4.50. The number of carbonyl (C=O) groups excluding carboxylic acids is 1. The van der Waals surface area contributed by atoms with Crippen molar-refractivity contribution in [2.75, 3.05) is 12.4 Å². The lowest BCUT2D eigenvalue weighted by molar-refractivity contribution is -0.133. The first-order chi connectivity index (χ1) is 8.81. The van der Waals surface area contributed by atoms with Crippen LogP contribution in [0.2, 0.25) is 0 Å². The van der Waals surface area contributed by atoms with Gasteiger partial charge in [-0.2, -0.15) is 0 Å². The summed E-state index contributed by atoms with van der Waals surface area (Å²) in [5, 5.41) is 14.3. The molecule has 4 N–H and O–H groups in total. The van der Waals surface area contributed by atoms with E-state index < -0.39 is 5.60 Å². The van der Waals surface area contributed by atoms with E-state index in [1.807, 2.05) is 6.92 Å². The number of aryl methyl sites for hydroxylation is 1. The minimum Gasteiger partial charge on any atom is -0.409 e. The van der Waals surface area contributed by atoms with Crippen molar-refractivity contribution in [3.63, 3.8) is 0 Å². The van der Waals surface area contributed by atoms with Gasteiger partial charge in [-0.25, -0.2) is 0 Å². The molecule has 0 aliphatic heterocycles. The zero-order chi connectivity index (χ0) is 14.6.